The quantitative estimate of drug-likeness (QED) is 0.0264. The van der Waals surface area contributed by atoms with E-state index in [1.165, 1.54) is 17.4 Å². The summed E-state index contributed by atoms with van der Waals surface area (Å²) in [6.45, 7) is 4.27. The Balaban J connectivity index is 1.15. The van der Waals surface area contributed by atoms with Gasteiger partial charge in [0.2, 0.25) is 5.71 Å². The lowest BCUT2D eigenvalue weighted by Gasteiger charge is -2.36. The van der Waals surface area contributed by atoms with Gasteiger partial charge in [-0.3, -0.25) is 0 Å². The molecular formula is C50H45N3O7S. The predicted molar refractivity (Wildman–Crippen MR) is 239 cm³/mol. The second-order valence-corrected chi connectivity index (χ2v) is 14.5. The summed E-state index contributed by atoms with van der Waals surface area (Å²) in [4.78, 5) is 24.3. The number of hydrogen-bond donors (Lipinski definition) is 1. The highest BCUT2D eigenvalue weighted by atomic mass is 32.1. The molecule has 0 atom stereocenters. The van der Waals surface area contributed by atoms with E-state index in [1.807, 2.05) is 121 Å². The van der Waals surface area contributed by atoms with Crippen LogP contribution in [-0.4, -0.2) is 37.5 Å². The molecule has 0 amide bonds. The Kier molecular flexibility index (Phi) is 14.1. The topological polar surface area (TPSA) is 110 Å². The third-order valence-corrected chi connectivity index (χ3v) is 10.4. The van der Waals surface area contributed by atoms with Crippen molar-refractivity contribution in [2.24, 2.45) is 5.16 Å². The van der Waals surface area contributed by atoms with Crippen LogP contribution in [0.3, 0.4) is 0 Å². The Morgan fingerprint density at radius 3 is 1.69 bits per heavy atom. The molecule has 0 aliphatic heterocycles. The van der Waals surface area contributed by atoms with Crippen LogP contribution in [0.25, 0.3) is 0 Å². The van der Waals surface area contributed by atoms with Gasteiger partial charge in [-0.05, 0) is 69.8 Å². The Morgan fingerprint density at radius 2 is 1.18 bits per heavy atom. The van der Waals surface area contributed by atoms with Crippen LogP contribution in [0, 0.1) is 0 Å². The molecule has 0 aliphatic rings. The third kappa shape index (κ3) is 10.4. The van der Waals surface area contributed by atoms with Crippen molar-refractivity contribution in [3.05, 3.63) is 215 Å². The molecular weight excluding hydrogens is 787 g/mol. The van der Waals surface area contributed by atoms with E-state index in [-0.39, 0.29) is 31.2 Å². The van der Waals surface area contributed by atoms with Crippen molar-refractivity contribution in [3.63, 3.8) is 0 Å². The molecule has 1 heterocycles. The predicted octanol–water partition coefficient (Wildman–Crippen LogP) is 10.4. The van der Waals surface area contributed by atoms with Crippen molar-refractivity contribution in [3.8, 4) is 23.0 Å². The molecule has 0 fully saturated rings. The molecule has 0 unspecified atom stereocenters. The van der Waals surface area contributed by atoms with Crippen LogP contribution in [0.5, 0.6) is 23.0 Å². The average molecular weight is 832 g/mol. The van der Waals surface area contributed by atoms with Gasteiger partial charge in [0.15, 0.2) is 16.6 Å². The zero-order chi connectivity index (χ0) is 42.3. The average Bonchev–Trinajstić information content (AvgIpc) is 3.79. The Bertz CT molecular complexity index is 2410. The van der Waals surface area contributed by atoms with Crippen LogP contribution in [0.4, 0.5) is 5.13 Å². The van der Waals surface area contributed by atoms with Gasteiger partial charge < -0.3 is 33.8 Å². The Morgan fingerprint density at radius 1 is 0.672 bits per heavy atom. The van der Waals surface area contributed by atoms with Crippen LogP contribution >= 0.6 is 11.3 Å². The molecule has 308 valence electrons. The van der Waals surface area contributed by atoms with Crippen molar-refractivity contribution in [2.45, 2.75) is 25.4 Å². The first kappa shape index (κ1) is 41.8. The molecule has 11 heteroatoms. The maximum absolute atomic E-state index is 13.5. The van der Waals surface area contributed by atoms with Gasteiger partial charge in [0.1, 0.15) is 49.2 Å². The highest BCUT2D eigenvalue weighted by molar-refractivity contribution is 7.14. The van der Waals surface area contributed by atoms with Crippen LogP contribution < -0.4 is 24.3 Å². The molecule has 1 N–H and O–H groups in total. The molecule has 0 bridgehead atoms. The monoisotopic (exact) mass is 831 g/mol. The van der Waals surface area contributed by atoms with Crippen LogP contribution in [0.15, 0.2) is 181 Å². The first-order chi connectivity index (χ1) is 30.0. The minimum absolute atomic E-state index is 0.00424. The van der Waals surface area contributed by atoms with E-state index in [2.05, 4.69) is 53.4 Å². The van der Waals surface area contributed by atoms with Gasteiger partial charge in [0.05, 0.1) is 14.2 Å². The standard InChI is InChI=1S/C50H45N3O7S/c1-4-30-57-48(54)47(44-35-61-49(51-44)52-50(39-14-8-5-9-15-39,40-16-10-6-11-17-40)41-18-12-7-13-19-41)53-60-34-38-24-29-45(58-32-36-20-25-42(55-2)26-21-36)46(31-38)59-33-37-22-27-43(56-3)28-23-37/h4-29,31,35H,1,30,32-34H2,2-3H3,(H,51,52)/b53-47-. The van der Waals surface area contributed by atoms with Crippen molar-refractivity contribution in [2.75, 3.05) is 26.1 Å². The number of carbonyl (C=O) groups is 1. The highest BCUT2D eigenvalue weighted by Gasteiger charge is 2.37. The number of thiazole rings is 1. The maximum Gasteiger partial charge on any atom is 0.363 e. The summed E-state index contributed by atoms with van der Waals surface area (Å²) in [6, 6.07) is 51.4. The first-order valence-corrected chi connectivity index (χ1v) is 20.4. The van der Waals surface area contributed by atoms with E-state index in [4.69, 9.17) is 33.5 Å². The summed E-state index contributed by atoms with van der Waals surface area (Å²) in [7, 11) is 3.26. The smallest absolute Gasteiger partial charge is 0.363 e. The van der Waals surface area contributed by atoms with E-state index in [0.717, 1.165) is 44.9 Å². The lowest BCUT2D eigenvalue weighted by atomic mass is 9.77. The van der Waals surface area contributed by atoms with Crippen molar-refractivity contribution < 1.29 is 33.3 Å². The van der Waals surface area contributed by atoms with E-state index in [9.17, 15) is 4.79 Å². The van der Waals surface area contributed by atoms with Gasteiger partial charge in [-0.15, -0.1) is 11.3 Å². The van der Waals surface area contributed by atoms with Crippen LogP contribution in [0.1, 0.15) is 39.1 Å². The minimum Gasteiger partial charge on any atom is -0.497 e. The minimum atomic E-state index is -0.826. The van der Waals surface area contributed by atoms with Gasteiger partial charge in [-0.25, -0.2) is 9.78 Å². The molecule has 10 nitrogen and oxygen atoms in total. The summed E-state index contributed by atoms with van der Waals surface area (Å²) in [5, 5.41) is 10.4. The number of hydrogen-bond acceptors (Lipinski definition) is 11. The van der Waals surface area contributed by atoms with Gasteiger partial charge >= 0.3 is 5.97 Å². The van der Waals surface area contributed by atoms with E-state index in [1.54, 1.807) is 19.6 Å². The fraction of sp³-hybridized carbons (Fsp3) is 0.140. The zero-order valence-corrected chi connectivity index (χ0v) is 34.7. The van der Waals surface area contributed by atoms with Crippen molar-refractivity contribution >= 4 is 28.1 Å². The molecule has 0 saturated carbocycles. The molecule has 0 spiro atoms. The maximum atomic E-state index is 13.5. The molecule has 0 saturated heterocycles. The SMILES string of the molecule is C=CCOC(=O)/C(=N\OCc1ccc(OCc2ccc(OC)cc2)c(OCc2ccc(OC)cc2)c1)c1csc(NC(c2ccccc2)(c2ccccc2)c2ccccc2)n1. The van der Waals surface area contributed by atoms with E-state index >= 15 is 0 Å². The lowest BCUT2D eigenvalue weighted by Crippen LogP contribution is -2.38. The number of benzene rings is 6. The molecule has 7 aromatic rings. The molecule has 61 heavy (non-hydrogen) atoms. The number of oxime groups is 1. The largest absolute Gasteiger partial charge is 0.497 e. The summed E-state index contributed by atoms with van der Waals surface area (Å²) in [5.74, 6) is 1.87. The molecule has 7 rings (SSSR count). The summed E-state index contributed by atoms with van der Waals surface area (Å²) < 4.78 is 28.6. The highest BCUT2D eigenvalue weighted by Crippen LogP contribution is 2.41. The second kappa shape index (κ2) is 20.5. The van der Waals surface area contributed by atoms with E-state index < -0.39 is 11.5 Å². The van der Waals surface area contributed by atoms with Gasteiger partial charge in [0.25, 0.3) is 0 Å². The zero-order valence-electron chi connectivity index (χ0n) is 33.9. The molecule has 1 aromatic heterocycles. The number of esters is 1. The number of ether oxygens (including phenoxy) is 5. The number of nitrogens with zero attached hydrogens (tertiary/aromatic N) is 2. The second-order valence-electron chi connectivity index (χ2n) is 13.7. The summed E-state index contributed by atoms with van der Waals surface area (Å²) in [5.41, 5.74) is 5.04. The Hall–Kier alpha value is -7.37. The van der Waals surface area contributed by atoms with Gasteiger partial charge in [0, 0.05) is 5.38 Å². The van der Waals surface area contributed by atoms with Crippen LogP contribution in [-0.2, 0) is 39.7 Å². The van der Waals surface area contributed by atoms with Crippen molar-refractivity contribution in [1.82, 2.24) is 4.98 Å². The summed E-state index contributed by atoms with van der Waals surface area (Å²) >= 11 is 1.34. The number of methoxy groups -OCH3 is 2. The molecule has 0 aliphatic carbocycles. The lowest BCUT2D eigenvalue weighted by molar-refractivity contribution is -0.134. The number of rotatable bonds is 20. The molecule has 0 radical (unpaired) electrons. The third-order valence-electron chi connectivity index (χ3n) is 9.69. The molecule has 6 aromatic carbocycles. The fourth-order valence-corrected chi connectivity index (χ4v) is 7.33. The van der Waals surface area contributed by atoms with E-state index in [0.29, 0.717) is 23.2 Å². The van der Waals surface area contributed by atoms with Crippen LogP contribution in [0.2, 0.25) is 0 Å². The number of anilines is 1. The number of aromatic nitrogens is 1. The fourth-order valence-electron chi connectivity index (χ4n) is 6.58. The van der Waals surface area contributed by atoms with Crippen molar-refractivity contribution in [1.29, 1.82) is 0 Å². The van der Waals surface area contributed by atoms with Gasteiger partial charge in [-0.2, -0.15) is 0 Å². The first-order valence-electron chi connectivity index (χ1n) is 19.5. The number of nitrogens with one attached hydrogen (secondary N) is 1. The number of carbonyl (C=O) groups excluding carboxylic acids is 1. The van der Waals surface area contributed by atoms with Gasteiger partial charge in [-0.1, -0.05) is 139 Å². The normalized spacial score (nSPS) is 11.3. The Labute approximate surface area is 359 Å². The summed E-state index contributed by atoms with van der Waals surface area (Å²) in [6.07, 6.45) is 1.49.